The topological polar surface area (TPSA) is 15.3 Å². The quantitative estimate of drug-likeness (QED) is 0.818. The van der Waals surface area contributed by atoms with Crippen molar-refractivity contribution < 1.29 is 0 Å². The highest BCUT2D eigenvalue weighted by Crippen LogP contribution is 2.23. The van der Waals surface area contributed by atoms with Gasteiger partial charge in [0.2, 0.25) is 0 Å². The predicted octanol–water partition coefficient (Wildman–Crippen LogP) is 2.45. The van der Waals surface area contributed by atoms with E-state index in [1.54, 1.807) is 0 Å². The summed E-state index contributed by atoms with van der Waals surface area (Å²) >= 11 is 2.10. The molecule has 0 aliphatic carbocycles. The minimum Gasteiger partial charge on any atom is -0.316 e. The summed E-state index contributed by atoms with van der Waals surface area (Å²) < 4.78 is 0. The molecule has 1 aliphatic rings. The van der Waals surface area contributed by atoms with E-state index in [0.717, 1.165) is 6.04 Å². The molecule has 2 unspecified atom stereocenters. The monoisotopic (exact) mass is 244 g/mol. The molecule has 0 spiro atoms. The minimum atomic E-state index is 0.364. The zero-order valence-electron chi connectivity index (χ0n) is 11.5. The van der Waals surface area contributed by atoms with Crippen molar-refractivity contribution in [1.29, 1.82) is 0 Å². The van der Waals surface area contributed by atoms with E-state index in [1.165, 1.54) is 31.0 Å². The van der Waals surface area contributed by atoms with Crippen LogP contribution in [0, 0.1) is 5.41 Å². The van der Waals surface area contributed by atoms with Gasteiger partial charge in [-0.15, -0.1) is 0 Å². The maximum absolute atomic E-state index is 3.46. The van der Waals surface area contributed by atoms with E-state index in [1.807, 2.05) is 0 Å². The van der Waals surface area contributed by atoms with Crippen LogP contribution in [0.5, 0.6) is 0 Å². The molecule has 0 radical (unpaired) electrons. The van der Waals surface area contributed by atoms with E-state index in [0.29, 0.717) is 11.5 Å². The zero-order chi connectivity index (χ0) is 12.2. The standard InChI is InChI=1S/C13H28N2S/c1-11-10-16-9-8-15(11)7-6-12(14-5)13(2,3)4/h11-12,14H,6-10H2,1-5H3. The van der Waals surface area contributed by atoms with Crippen LogP contribution in [0.3, 0.4) is 0 Å². The lowest BCUT2D eigenvalue weighted by molar-refractivity contribution is 0.188. The Hall–Kier alpha value is 0.270. The average molecular weight is 244 g/mol. The number of hydrogen-bond acceptors (Lipinski definition) is 3. The molecular weight excluding hydrogens is 216 g/mol. The largest absolute Gasteiger partial charge is 0.316 e. The first-order valence-corrected chi connectivity index (χ1v) is 7.59. The van der Waals surface area contributed by atoms with E-state index in [-0.39, 0.29) is 0 Å². The summed E-state index contributed by atoms with van der Waals surface area (Å²) in [6, 6.07) is 1.38. The first-order chi connectivity index (χ1) is 7.45. The van der Waals surface area contributed by atoms with Crippen molar-refractivity contribution in [2.24, 2.45) is 5.41 Å². The Balaban J connectivity index is 2.37. The molecule has 1 heterocycles. The van der Waals surface area contributed by atoms with Gasteiger partial charge >= 0.3 is 0 Å². The zero-order valence-corrected chi connectivity index (χ0v) is 12.4. The Bertz CT molecular complexity index is 201. The Labute approximate surface area is 106 Å². The summed E-state index contributed by atoms with van der Waals surface area (Å²) in [5, 5.41) is 3.46. The fraction of sp³-hybridized carbons (Fsp3) is 1.00. The van der Waals surface area contributed by atoms with Crippen LogP contribution in [0.15, 0.2) is 0 Å². The second kappa shape index (κ2) is 6.27. The van der Waals surface area contributed by atoms with Crippen molar-refractivity contribution in [3.63, 3.8) is 0 Å². The van der Waals surface area contributed by atoms with Crippen LogP contribution >= 0.6 is 11.8 Å². The molecule has 3 heteroatoms. The number of thioether (sulfide) groups is 1. The third-order valence-electron chi connectivity index (χ3n) is 3.60. The van der Waals surface area contributed by atoms with Crippen LogP contribution in [-0.4, -0.2) is 48.6 Å². The van der Waals surface area contributed by atoms with E-state index >= 15 is 0 Å². The van der Waals surface area contributed by atoms with E-state index in [9.17, 15) is 0 Å². The molecule has 1 rings (SSSR count). The summed E-state index contributed by atoms with van der Waals surface area (Å²) in [5.74, 6) is 2.61. The van der Waals surface area contributed by atoms with Crippen LogP contribution in [-0.2, 0) is 0 Å². The van der Waals surface area contributed by atoms with Crippen molar-refractivity contribution >= 4 is 11.8 Å². The van der Waals surface area contributed by atoms with Crippen LogP contribution in [0.25, 0.3) is 0 Å². The third kappa shape index (κ3) is 4.27. The van der Waals surface area contributed by atoms with Crippen molar-refractivity contribution in [3.8, 4) is 0 Å². The highest BCUT2D eigenvalue weighted by Gasteiger charge is 2.25. The van der Waals surface area contributed by atoms with Gasteiger partial charge in [0.1, 0.15) is 0 Å². The molecule has 0 aromatic heterocycles. The maximum Gasteiger partial charge on any atom is 0.0158 e. The minimum absolute atomic E-state index is 0.364. The summed E-state index contributed by atoms with van der Waals surface area (Å²) in [5.41, 5.74) is 0.364. The molecule has 2 nitrogen and oxygen atoms in total. The Morgan fingerprint density at radius 3 is 2.62 bits per heavy atom. The average Bonchev–Trinajstić information content (AvgIpc) is 2.19. The number of rotatable bonds is 4. The lowest BCUT2D eigenvalue weighted by Gasteiger charge is -2.36. The highest BCUT2D eigenvalue weighted by atomic mass is 32.2. The summed E-state index contributed by atoms with van der Waals surface area (Å²) in [6.07, 6.45) is 1.26. The van der Waals surface area contributed by atoms with Gasteiger partial charge in [0.15, 0.2) is 0 Å². The van der Waals surface area contributed by atoms with Gasteiger partial charge in [-0.2, -0.15) is 11.8 Å². The van der Waals surface area contributed by atoms with Crippen LogP contribution in [0.1, 0.15) is 34.1 Å². The molecule has 1 saturated heterocycles. The first kappa shape index (κ1) is 14.3. The highest BCUT2D eigenvalue weighted by molar-refractivity contribution is 7.99. The third-order valence-corrected chi connectivity index (χ3v) is 4.79. The smallest absolute Gasteiger partial charge is 0.0158 e. The molecule has 1 fully saturated rings. The van der Waals surface area contributed by atoms with E-state index in [2.05, 4.69) is 56.7 Å². The lowest BCUT2D eigenvalue weighted by Crippen LogP contribution is -2.45. The van der Waals surface area contributed by atoms with Crippen LogP contribution in [0.4, 0.5) is 0 Å². The number of hydrogen-bond donors (Lipinski definition) is 1. The van der Waals surface area contributed by atoms with Crippen molar-refractivity contribution in [3.05, 3.63) is 0 Å². The summed E-state index contributed by atoms with van der Waals surface area (Å²) in [4.78, 5) is 2.65. The normalized spacial score (nSPS) is 25.7. The molecule has 0 bridgehead atoms. The first-order valence-electron chi connectivity index (χ1n) is 6.44. The maximum atomic E-state index is 3.46. The fourth-order valence-electron chi connectivity index (χ4n) is 2.40. The van der Waals surface area contributed by atoms with Gasteiger partial charge in [-0.1, -0.05) is 20.8 Å². The van der Waals surface area contributed by atoms with Gasteiger partial charge in [0.05, 0.1) is 0 Å². The summed E-state index contributed by atoms with van der Waals surface area (Å²) in [7, 11) is 2.09. The second-order valence-corrected chi connectivity index (χ2v) is 7.11. The molecule has 0 aromatic rings. The molecule has 1 N–H and O–H groups in total. The molecule has 0 aromatic carbocycles. The molecule has 0 saturated carbocycles. The van der Waals surface area contributed by atoms with Gasteiger partial charge in [-0.3, -0.25) is 4.90 Å². The molecule has 0 amide bonds. The van der Waals surface area contributed by atoms with Crippen molar-refractivity contribution in [2.45, 2.75) is 46.2 Å². The fourth-order valence-corrected chi connectivity index (χ4v) is 3.48. The van der Waals surface area contributed by atoms with E-state index < -0.39 is 0 Å². The molecule has 2 atom stereocenters. The number of nitrogens with zero attached hydrogens (tertiary/aromatic N) is 1. The van der Waals surface area contributed by atoms with Crippen molar-refractivity contribution in [1.82, 2.24) is 10.2 Å². The molecule has 16 heavy (non-hydrogen) atoms. The van der Waals surface area contributed by atoms with Gasteiger partial charge in [0, 0.05) is 30.1 Å². The van der Waals surface area contributed by atoms with E-state index in [4.69, 9.17) is 0 Å². The van der Waals surface area contributed by atoms with Gasteiger partial charge in [0.25, 0.3) is 0 Å². The summed E-state index contributed by atoms with van der Waals surface area (Å²) in [6.45, 7) is 11.8. The van der Waals surface area contributed by atoms with Gasteiger partial charge in [-0.05, 0) is 32.4 Å². The van der Waals surface area contributed by atoms with Crippen LogP contribution in [0.2, 0.25) is 0 Å². The molecule has 96 valence electrons. The van der Waals surface area contributed by atoms with Gasteiger partial charge in [-0.25, -0.2) is 0 Å². The number of nitrogens with one attached hydrogen (secondary N) is 1. The molecule has 1 aliphatic heterocycles. The second-order valence-electron chi connectivity index (χ2n) is 5.96. The molecular formula is C13H28N2S. The van der Waals surface area contributed by atoms with Crippen molar-refractivity contribution in [2.75, 3.05) is 31.6 Å². The predicted molar refractivity (Wildman–Crippen MR) is 75.3 cm³/mol. The van der Waals surface area contributed by atoms with Crippen LogP contribution < -0.4 is 5.32 Å². The Morgan fingerprint density at radius 2 is 2.12 bits per heavy atom. The van der Waals surface area contributed by atoms with Gasteiger partial charge < -0.3 is 5.32 Å². The Kier molecular flexibility index (Phi) is 5.62. The Morgan fingerprint density at radius 1 is 1.44 bits per heavy atom. The SMILES string of the molecule is CNC(CCN1CCSCC1C)C(C)(C)C. The lowest BCUT2D eigenvalue weighted by atomic mass is 9.85.